The highest BCUT2D eigenvalue weighted by atomic mass is 79.9. The van der Waals surface area contributed by atoms with Gasteiger partial charge in [0.1, 0.15) is 5.01 Å². The maximum Gasteiger partial charge on any atom is 0.232 e. The van der Waals surface area contributed by atoms with Gasteiger partial charge >= 0.3 is 0 Å². The molecule has 2 aromatic rings. The second kappa shape index (κ2) is 5.22. The highest BCUT2D eigenvalue weighted by Gasteiger charge is 2.04. The molecule has 0 amide bonds. The molecular weight excluding hydrogens is 292 g/mol. The zero-order valence-electron chi connectivity index (χ0n) is 8.48. The van der Waals surface area contributed by atoms with E-state index in [4.69, 9.17) is 4.74 Å². The number of aromatic nitrogens is 3. The Kier molecular flexibility index (Phi) is 3.68. The van der Waals surface area contributed by atoms with Crippen molar-refractivity contribution < 1.29 is 4.74 Å². The monoisotopic (exact) mass is 300 g/mol. The molecule has 0 aliphatic rings. The lowest BCUT2D eigenvalue weighted by Gasteiger charge is -2.05. The van der Waals surface area contributed by atoms with E-state index in [1.807, 2.05) is 5.38 Å². The fraction of sp³-hybridized carbons (Fsp3) is 0.222. The number of halogens is 1. The molecular formula is C9H9BrN4OS. The number of methoxy groups -OCH3 is 1. The van der Waals surface area contributed by atoms with Crippen molar-refractivity contribution in [2.75, 3.05) is 12.4 Å². The molecule has 0 aromatic carbocycles. The summed E-state index contributed by atoms with van der Waals surface area (Å²) in [4.78, 5) is 12.4. The average molecular weight is 301 g/mol. The molecule has 0 aliphatic heterocycles. The third-order valence-corrected chi connectivity index (χ3v) is 3.11. The van der Waals surface area contributed by atoms with E-state index in [-0.39, 0.29) is 0 Å². The largest absolute Gasteiger partial charge is 0.480 e. The van der Waals surface area contributed by atoms with E-state index >= 15 is 0 Å². The van der Waals surface area contributed by atoms with Crippen molar-refractivity contribution >= 4 is 33.2 Å². The molecule has 0 unspecified atom stereocenters. The first-order chi connectivity index (χ1) is 7.79. The van der Waals surface area contributed by atoms with Crippen LogP contribution in [0.1, 0.15) is 5.01 Å². The molecule has 0 spiro atoms. The van der Waals surface area contributed by atoms with Gasteiger partial charge in [-0.25, -0.2) is 9.97 Å². The summed E-state index contributed by atoms with van der Waals surface area (Å²) >= 11 is 4.88. The van der Waals surface area contributed by atoms with Gasteiger partial charge in [-0.05, 0) is 15.9 Å². The van der Waals surface area contributed by atoms with Crippen LogP contribution in [-0.4, -0.2) is 22.1 Å². The van der Waals surface area contributed by atoms with Crippen molar-refractivity contribution in [1.29, 1.82) is 0 Å². The van der Waals surface area contributed by atoms with Crippen LogP contribution in [0.4, 0.5) is 5.95 Å². The maximum atomic E-state index is 5.07. The van der Waals surface area contributed by atoms with Crippen LogP contribution in [0.25, 0.3) is 0 Å². The molecule has 84 valence electrons. The van der Waals surface area contributed by atoms with Gasteiger partial charge in [0, 0.05) is 11.6 Å². The average Bonchev–Trinajstić information content (AvgIpc) is 2.81. The molecule has 0 radical (unpaired) electrons. The van der Waals surface area contributed by atoms with E-state index in [2.05, 4.69) is 36.2 Å². The molecule has 7 heteroatoms. The highest BCUT2D eigenvalue weighted by Crippen LogP contribution is 2.21. The lowest BCUT2D eigenvalue weighted by atomic mass is 10.6. The van der Waals surface area contributed by atoms with E-state index in [0.717, 1.165) is 9.48 Å². The second-order valence-electron chi connectivity index (χ2n) is 2.83. The van der Waals surface area contributed by atoms with Crippen LogP contribution in [0.2, 0.25) is 0 Å². The van der Waals surface area contributed by atoms with Crippen LogP contribution in [0.3, 0.4) is 0 Å². The lowest BCUT2D eigenvalue weighted by Crippen LogP contribution is -2.04. The first kappa shape index (κ1) is 11.3. The number of hydrogen-bond donors (Lipinski definition) is 1. The number of anilines is 1. The number of thiazole rings is 1. The van der Waals surface area contributed by atoms with Crippen LogP contribution >= 0.6 is 27.3 Å². The quantitative estimate of drug-likeness (QED) is 0.939. The smallest absolute Gasteiger partial charge is 0.232 e. The Morgan fingerprint density at radius 1 is 1.50 bits per heavy atom. The van der Waals surface area contributed by atoms with Gasteiger partial charge in [0.2, 0.25) is 11.8 Å². The summed E-state index contributed by atoms with van der Waals surface area (Å²) in [6.07, 6.45) is 3.42. The van der Waals surface area contributed by atoms with Gasteiger partial charge in [0.25, 0.3) is 0 Å². The number of hydrogen-bond acceptors (Lipinski definition) is 6. The van der Waals surface area contributed by atoms with Crippen LogP contribution < -0.4 is 10.1 Å². The first-order valence-corrected chi connectivity index (χ1v) is 6.15. The summed E-state index contributed by atoms with van der Waals surface area (Å²) in [5.41, 5.74) is 0. The van der Waals surface area contributed by atoms with Crippen LogP contribution in [0.5, 0.6) is 5.88 Å². The summed E-state index contributed by atoms with van der Waals surface area (Å²) in [6.45, 7) is 0.614. The molecule has 2 aromatic heterocycles. The molecule has 0 saturated heterocycles. The predicted molar refractivity (Wildman–Crippen MR) is 65.7 cm³/mol. The van der Waals surface area contributed by atoms with E-state index < -0.39 is 0 Å². The van der Waals surface area contributed by atoms with Gasteiger partial charge in [-0.1, -0.05) is 0 Å². The van der Waals surface area contributed by atoms with Gasteiger partial charge in [0.15, 0.2) is 0 Å². The first-order valence-electron chi connectivity index (χ1n) is 4.48. The normalized spacial score (nSPS) is 10.1. The van der Waals surface area contributed by atoms with Gasteiger partial charge in [-0.3, -0.25) is 0 Å². The summed E-state index contributed by atoms with van der Waals surface area (Å²) < 4.78 is 5.80. The minimum absolute atomic E-state index is 0.511. The summed E-state index contributed by atoms with van der Waals surface area (Å²) in [7, 11) is 1.57. The van der Waals surface area contributed by atoms with Gasteiger partial charge < -0.3 is 10.1 Å². The Labute approximate surface area is 105 Å². The van der Waals surface area contributed by atoms with Crippen LogP contribution in [0.15, 0.2) is 22.2 Å². The summed E-state index contributed by atoms with van der Waals surface area (Å²) in [5, 5.41) is 6.00. The topological polar surface area (TPSA) is 59.9 Å². The predicted octanol–water partition coefficient (Wildman–Crippen LogP) is 2.32. The van der Waals surface area contributed by atoms with Crippen molar-refractivity contribution in [3.63, 3.8) is 0 Å². The minimum atomic E-state index is 0.511. The third kappa shape index (κ3) is 2.67. The van der Waals surface area contributed by atoms with E-state index in [9.17, 15) is 0 Å². The van der Waals surface area contributed by atoms with Crippen molar-refractivity contribution in [2.45, 2.75) is 6.54 Å². The molecule has 2 heterocycles. The third-order valence-electron chi connectivity index (χ3n) is 1.79. The van der Waals surface area contributed by atoms with E-state index in [0.29, 0.717) is 18.4 Å². The zero-order chi connectivity index (χ0) is 11.4. The molecule has 0 atom stereocenters. The fourth-order valence-electron chi connectivity index (χ4n) is 1.07. The van der Waals surface area contributed by atoms with E-state index in [1.54, 1.807) is 30.8 Å². The maximum absolute atomic E-state index is 5.07. The fourth-order valence-corrected chi connectivity index (χ4v) is 1.98. The standard InChI is InChI=1S/C9H9BrN4OS/c1-15-8-6(10)4-12-9(14-8)13-5-7-11-2-3-16-7/h2-4H,5H2,1H3,(H,12,13,14). The summed E-state index contributed by atoms with van der Waals surface area (Å²) in [6, 6.07) is 0. The number of rotatable bonds is 4. The highest BCUT2D eigenvalue weighted by molar-refractivity contribution is 9.10. The molecule has 1 N–H and O–H groups in total. The van der Waals surface area contributed by atoms with Gasteiger partial charge in [-0.2, -0.15) is 4.98 Å². The van der Waals surface area contributed by atoms with Gasteiger partial charge in [-0.15, -0.1) is 11.3 Å². The zero-order valence-corrected chi connectivity index (χ0v) is 10.9. The van der Waals surface area contributed by atoms with Crippen molar-refractivity contribution in [1.82, 2.24) is 15.0 Å². The second-order valence-corrected chi connectivity index (χ2v) is 4.66. The minimum Gasteiger partial charge on any atom is -0.480 e. The molecule has 16 heavy (non-hydrogen) atoms. The van der Waals surface area contributed by atoms with Crippen molar-refractivity contribution in [2.24, 2.45) is 0 Å². The number of nitrogens with one attached hydrogen (secondary N) is 1. The summed E-state index contributed by atoms with van der Waals surface area (Å²) in [5.74, 6) is 1.03. The Hall–Kier alpha value is -1.21. The van der Waals surface area contributed by atoms with E-state index in [1.165, 1.54) is 0 Å². The molecule has 0 saturated carbocycles. The molecule has 5 nitrogen and oxygen atoms in total. The Morgan fingerprint density at radius 3 is 3.06 bits per heavy atom. The van der Waals surface area contributed by atoms with Crippen molar-refractivity contribution in [3.8, 4) is 5.88 Å². The lowest BCUT2D eigenvalue weighted by molar-refractivity contribution is 0.394. The number of ether oxygens (including phenoxy) is 1. The Balaban J connectivity index is 2.04. The van der Waals surface area contributed by atoms with Crippen molar-refractivity contribution in [3.05, 3.63) is 27.3 Å². The van der Waals surface area contributed by atoms with Gasteiger partial charge in [0.05, 0.1) is 24.3 Å². The number of nitrogens with zero attached hydrogens (tertiary/aromatic N) is 3. The SMILES string of the molecule is COc1nc(NCc2nccs2)ncc1Br. The molecule has 0 bridgehead atoms. The van der Waals surface area contributed by atoms with Crippen LogP contribution in [0, 0.1) is 0 Å². The Bertz CT molecular complexity index is 463. The molecule has 0 fully saturated rings. The van der Waals surface area contributed by atoms with Crippen LogP contribution in [-0.2, 0) is 6.54 Å². The molecule has 0 aliphatic carbocycles. The molecule has 2 rings (SSSR count). The Morgan fingerprint density at radius 2 is 2.38 bits per heavy atom.